The van der Waals surface area contributed by atoms with Gasteiger partial charge >= 0.3 is 0 Å². The number of rotatable bonds is 4. The van der Waals surface area contributed by atoms with Crippen molar-refractivity contribution in [3.63, 3.8) is 0 Å². The van der Waals surface area contributed by atoms with Crippen molar-refractivity contribution >= 4 is 17.0 Å². The zero-order valence-corrected chi connectivity index (χ0v) is 17.1. The molecule has 0 aliphatic carbocycles. The maximum absolute atomic E-state index is 10.4. The Bertz CT molecular complexity index is 1080. The van der Waals surface area contributed by atoms with Gasteiger partial charge in [0.25, 0.3) is 0 Å². The molecule has 6 heteroatoms. The third-order valence-corrected chi connectivity index (χ3v) is 6.23. The van der Waals surface area contributed by atoms with Crippen LogP contribution in [0.4, 0.5) is 0 Å². The van der Waals surface area contributed by atoms with Crippen molar-refractivity contribution in [1.82, 2.24) is 5.01 Å². The van der Waals surface area contributed by atoms with E-state index in [0.717, 1.165) is 38.8 Å². The number of hydrazone groups is 1. The lowest BCUT2D eigenvalue weighted by atomic mass is 9.95. The highest BCUT2D eigenvalue weighted by Crippen LogP contribution is 2.51. The van der Waals surface area contributed by atoms with Crippen molar-refractivity contribution in [2.75, 3.05) is 6.61 Å². The van der Waals surface area contributed by atoms with E-state index in [2.05, 4.69) is 12.1 Å². The molecule has 2 aliphatic rings. The smallest absolute Gasteiger partial charge is 0.223 e. The summed E-state index contributed by atoms with van der Waals surface area (Å²) in [4.78, 5) is 1.09. The van der Waals surface area contributed by atoms with E-state index in [1.54, 1.807) is 17.4 Å². The fourth-order valence-electron chi connectivity index (χ4n) is 4.02. The molecule has 2 atom stereocenters. The van der Waals surface area contributed by atoms with Crippen molar-refractivity contribution in [1.29, 1.82) is 0 Å². The van der Waals surface area contributed by atoms with Crippen LogP contribution in [0.25, 0.3) is 0 Å². The number of aryl methyl sites for hydroxylation is 1. The molecular weight excluding hydrogens is 384 g/mol. The standard InChI is InChI=1S/C23H22N2O3S/c1-3-27-20-7-4-6-15-18-13-17(16-12-14(2)9-10-19(16)26)24-25(18)23(28-22(15)20)21-8-5-11-29-21/h4-12,18,23,26H,3,13H2,1-2H3/t18-,23-/m1/s1. The van der Waals surface area contributed by atoms with Crippen LogP contribution < -0.4 is 9.47 Å². The summed E-state index contributed by atoms with van der Waals surface area (Å²) in [5, 5.41) is 19.4. The fourth-order valence-corrected chi connectivity index (χ4v) is 4.76. The van der Waals surface area contributed by atoms with Crippen LogP contribution in [0.5, 0.6) is 17.2 Å². The summed E-state index contributed by atoms with van der Waals surface area (Å²) >= 11 is 1.65. The number of aromatic hydroxyl groups is 1. The monoisotopic (exact) mass is 406 g/mol. The molecule has 1 aromatic heterocycles. The molecule has 0 saturated heterocycles. The van der Waals surface area contributed by atoms with E-state index >= 15 is 0 Å². The summed E-state index contributed by atoms with van der Waals surface area (Å²) in [6.07, 6.45) is 0.378. The van der Waals surface area contributed by atoms with Crippen molar-refractivity contribution in [3.05, 3.63) is 75.5 Å². The number of nitrogens with zero attached hydrogens (tertiary/aromatic N) is 2. The molecule has 0 unspecified atom stereocenters. The number of fused-ring (bicyclic) bond motifs is 3. The summed E-state index contributed by atoms with van der Waals surface area (Å²) in [7, 11) is 0. The summed E-state index contributed by atoms with van der Waals surface area (Å²) in [6, 6.07) is 15.8. The summed E-state index contributed by atoms with van der Waals surface area (Å²) in [5.41, 5.74) is 3.81. The van der Waals surface area contributed by atoms with Gasteiger partial charge in [0.05, 0.1) is 23.2 Å². The van der Waals surface area contributed by atoms with E-state index in [1.165, 1.54) is 0 Å². The van der Waals surface area contributed by atoms with Crippen molar-refractivity contribution in [2.24, 2.45) is 5.10 Å². The molecule has 3 heterocycles. The normalized spacial score (nSPS) is 19.9. The molecule has 2 aromatic carbocycles. The Morgan fingerprint density at radius 3 is 2.93 bits per heavy atom. The average molecular weight is 407 g/mol. The lowest BCUT2D eigenvalue weighted by Crippen LogP contribution is -2.33. The molecule has 0 saturated carbocycles. The Morgan fingerprint density at radius 2 is 2.14 bits per heavy atom. The first kappa shape index (κ1) is 18.1. The van der Waals surface area contributed by atoms with E-state index in [9.17, 15) is 5.11 Å². The Morgan fingerprint density at radius 1 is 1.24 bits per heavy atom. The molecule has 5 rings (SSSR count). The highest BCUT2D eigenvalue weighted by Gasteiger charge is 2.42. The van der Waals surface area contributed by atoms with Crippen molar-refractivity contribution in [3.8, 4) is 17.2 Å². The molecule has 0 bridgehead atoms. The van der Waals surface area contributed by atoms with E-state index in [0.29, 0.717) is 13.0 Å². The first-order valence-corrected chi connectivity index (χ1v) is 10.6. The van der Waals surface area contributed by atoms with Crippen LogP contribution >= 0.6 is 11.3 Å². The van der Waals surface area contributed by atoms with Crippen LogP contribution in [0.15, 0.2) is 59.0 Å². The van der Waals surface area contributed by atoms with Crippen molar-refractivity contribution in [2.45, 2.75) is 32.5 Å². The van der Waals surface area contributed by atoms with E-state index in [-0.39, 0.29) is 18.0 Å². The van der Waals surface area contributed by atoms with Gasteiger partial charge in [0.15, 0.2) is 11.5 Å². The molecule has 148 valence electrons. The van der Waals surface area contributed by atoms with Gasteiger partial charge in [-0.3, -0.25) is 0 Å². The van der Waals surface area contributed by atoms with Gasteiger partial charge in [-0.05, 0) is 43.5 Å². The van der Waals surface area contributed by atoms with Crippen LogP contribution in [0.2, 0.25) is 0 Å². The maximum atomic E-state index is 10.4. The predicted octanol–water partition coefficient (Wildman–Crippen LogP) is 5.40. The largest absolute Gasteiger partial charge is 0.507 e. The number of benzene rings is 2. The van der Waals surface area contributed by atoms with E-state index in [4.69, 9.17) is 14.6 Å². The minimum absolute atomic E-state index is 0.0289. The molecule has 3 aromatic rings. The zero-order chi connectivity index (χ0) is 20.0. The second kappa shape index (κ2) is 7.12. The third kappa shape index (κ3) is 3.04. The Balaban J connectivity index is 1.62. The summed E-state index contributed by atoms with van der Waals surface area (Å²) < 4.78 is 12.3. The van der Waals surface area contributed by atoms with Gasteiger partial charge in [-0.1, -0.05) is 29.8 Å². The van der Waals surface area contributed by atoms with Gasteiger partial charge in [-0.2, -0.15) is 5.10 Å². The highest BCUT2D eigenvalue weighted by molar-refractivity contribution is 7.10. The van der Waals surface area contributed by atoms with Crippen LogP contribution in [-0.2, 0) is 0 Å². The Labute approximate surface area is 173 Å². The van der Waals surface area contributed by atoms with E-state index in [1.807, 2.05) is 54.6 Å². The number of hydrogen-bond donors (Lipinski definition) is 1. The number of ether oxygens (including phenoxy) is 2. The summed E-state index contributed by atoms with van der Waals surface area (Å²) in [6.45, 7) is 4.58. The molecule has 0 fully saturated rings. The first-order chi connectivity index (χ1) is 14.2. The van der Waals surface area contributed by atoms with Crippen molar-refractivity contribution < 1.29 is 14.6 Å². The molecule has 0 radical (unpaired) electrons. The molecule has 0 spiro atoms. The van der Waals surface area contributed by atoms with E-state index < -0.39 is 0 Å². The minimum Gasteiger partial charge on any atom is -0.507 e. The topological polar surface area (TPSA) is 54.3 Å². The SMILES string of the molecule is CCOc1cccc2c1O[C@H](c1cccs1)N1N=C(c3cc(C)ccc3O)C[C@H]21. The van der Waals surface area contributed by atoms with Crippen LogP contribution in [0.1, 0.15) is 47.2 Å². The lowest BCUT2D eigenvalue weighted by Gasteiger charge is -2.38. The molecule has 5 nitrogen and oxygen atoms in total. The fraction of sp³-hybridized carbons (Fsp3) is 0.261. The van der Waals surface area contributed by atoms with Gasteiger partial charge in [0, 0.05) is 17.5 Å². The van der Waals surface area contributed by atoms with Gasteiger partial charge in [0.1, 0.15) is 5.75 Å². The number of para-hydroxylation sites is 1. The number of hydrogen-bond acceptors (Lipinski definition) is 6. The predicted molar refractivity (Wildman–Crippen MR) is 114 cm³/mol. The molecule has 2 aliphatic heterocycles. The van der Waals surface area contributed by atoms with Crippen LogP contribution in [0, 0.1) is 6.92 Å². The second-order valence-electron chi connectivity index (χ2n) is 7.26. The average Bonchev–Trinajstić information content (AvgIpc) is 3.40. The molecule has 1 N–H and O–H groups in total. The molecular formula is C23H22N2O3S. The minimum atomic E-state index is -0.321. The quantitative estimate of drug-likeness (QED) is 0.630. The maximum Gasteiger partial charge on any atom is 0.223 e. The van der Waals surface area contributed by atoms with Crippen LogP contribution in [-0.4, -0.2) is 22.4 Å². The Kier molecular flexibility index (Phi) is 4.43. The number of phenols is 1. The second-order valence-corrected chi connectivity index (χ2v) is 8.24. The molecule has 0 amide bonds. The number of thiophene rings is 1. The Hall–Kier alpha value is -2.99. The van der Waals surface area contributed by atoms with Gasteiger partial charge < -0.3 is 14.6 Å². The number of phenolic OH excluding ortho intramolecular Hbond substituents is 1. The third-order valence-electron chi connectivity index (χ3n) is 5.33. The highest BCUT2D eigenvalue weighted by atomic mass is 32.1. The zero-order valence-electron chi connectivity index (χ0n) is 16.3. The van der Waals surface area contributed by atoms with Crippen LogP contribution in [0.3, 0.4) is 0 Å². The van der Waals surface area contributed by atoms with Gasteiger partial charge in [-0.15, -0.1) is 11.3 Å². The molecule has 29 heavy (non-hydrogen) atoms. The first-order valence-electron chi connectivity index (χ1n) is 9.77. The summed E-state index contributed by atoms with van der Waals surface area (Å²) in [5.74, 6) is 1.81. The lowest BCUT2D eigenvalue weighted by molar-refractivity contribution is -0.0188. The van der Waals surface area contributed by atoms with Gasteiger partial charge in [0.2, 0.25) is 6.23 Å². The van der Waals surface area contributed by atoms with Gasteiger partial charge in [-0.25, -0.2) is 5.01 Å².